The van der Waals surface area contributed by atoms with E-state index in [-0.39, 0.29) is 45.7 Å². The van der Waals surface area contributed by atoms with Crippen molar-refractivity contribution in [3.05, 3.63) is 82.6 Å². The molecule has 1 amide bonds. The Labute approximate surface area is 194 Å². The molecule has 1 aliphatic heterocycles. The minimum absolute atomic E-state index is 0.00517. The quantitative estimate of drug-likeness (QED) is 0.293. The molecule has 4 rings (SSSR count). The predicted molar refractivity (Wildman–Crippen MR) is 121 cm³/mol. The summed E-state index contributed by atoms with van der Waals surface area (Å²) in [6, 6.07) is 10.3. The lowest BCUT2D eigenvalue weighted by atomic mass is 9.95. The number of anilines is 1. The van der Waals surface area contributed by atoms with Gasteiger partial charge in [0, 0.05) is 23.0 Å². The van der Waals surface area contributed by atoms with Gasteiger partial charge in [-0.3, -0.25) is 19.5 Å². The number of ether oxygens (including phenoxy) is 1. The van der Waals surface area contributed by atoms with E-state index in [0.29, 0.717) is 5.56 Å². The zero-order valence-corrected chi connectivity index (χ0v) is 18.2. The largest absolute Gasteiger partial charge is 0.507 e. The van der Waals surface area contributed by atoms with Gasteiger partial charge in [0.25, 0.3) is 11.7 Å². The highest BCUT2D eigenvalue weighted by molar-refractivity contribution is 6.52. The van der Waals surface area contributed by atoms with E-state index in [1.165, 1.54) is 60.9 Å². The molecule has 0 radical (unpaired) electrons. The smallest absolute Gasteiger partial charge is 0.300 e. The average molecular weight is 467 g/mol. The van der Waals surface area contributed by atoms with E-state index < -0.39 is 23.5 Å². The zero-order valence-electron chi connectivity index (χ0n) is 17.4. The first kappa shape index (κ1) is 22.2. The van der Waals surface area contributed by atoms with Gasteiger partial charge in [-0.1, -0.05) is 17.7 Å². The summed E-state index contributed by atoms with van der Waals surface area (Å²) in [4.78, 5) is 31.3. The molecule has 1 fully saturated rings. The number of aromatic nitrogens is 1. The second-order valence-electron chi connectivity index (χ2n) is 7.20. The van der Waals surface area contributed by atoms with Crippen LogP contribution in [0, 0.1) is 0 Å². The minimum atomic E-state index is -1.14. The Morgan fingerprint density at radius 1 is 1.06 bits per heavy atom. The van der Waals surface area contributed by atoms with Gasteiger partial charge in [0.2, 0.25) is 0 Å². The molecule has 1 unspecified atom stereocenters. The van der Waals surface area contributed by atoms with E-state index in [1.807, 2.05) is 0 Å². The number of halogens is 1. The van der Waals surface area contributed by atoms with Crippen LogP contribution in [0.5, 0.6) is 17.2 Å². The number of carbonyl (C=O) groups is 2. The highest BCUT2D eigenvalue weighted by Crippen LogP contribution is 2.46. The summed E-state index contributed by atoms with van der Waals surface area (Å²) in [6.45, 7) is 2.01. The Hall–Kier alpha value is -4.04. The molecule has 3 N–H and O–H groups in total. The van der Waals surface area contributed by atoms with Gasteiger partial charge in [-0.15, -0.1) is 0 Å². The third-order valence-electron chi connectivity index (χ3n) is 5.19. The van der Waals surface area contributed by atoms with E-state index in [4.69, 9.17) is 16.3 Å². The Morgan fingerprint density at radius 2 is 1.76 bits per heavy atom. The molecule has 0 saturated carbocycles. The summed E-state index contributed by atoms with van der Waals surface area (Å²) in [6.07, 6.45) is 2.88. The van der Waals surface area contributed by atoms with E-state index >= 15 is 0 Å². The fraction of sp³-hybridized carbons (Fsp3) is 0.125. The number of benzene rings is 2. The summed E-state index contributed by atoms with van der Waals surface area (Å²) in [5.74, 6) is -2.58. The lowest BCUT2D eigenvalue weighted by Gasteiger charge is -2.26. The van der Waals surface area contributed by atoms with Crippen molar-refractivity contribution >= 4 is 34.7 Å². The van der Waals surface area contributed by atoms with Crippen LogP contribution in [-0.4, -0.2) is 38.6 Å². The van der Waals surface area contributed by atoms with Gasteiger partial charge in [-0.2, -0.15) is 0 Å². The van der Waals surface area contributed by atoms with Crippen molar-refractivity contribution < 1.29 is 29.6 Å². The van der Waals surface area contributed by atoms with Crippen LogP contribution in [0.3, 0.4) is 0 Å². The highest BCUT2D eigenvalue weighted by atomic mass is 35.5. The standard InChI is InChI=1S/C24H19ClN2O6/c1-2-33-19-11-14(3-5-18(19)29)21-20(22(30)13-7-9-26-10-8-13)23(31)24(32)27(21)16-12-15(25)4-6-17(16)28/h3-12,21,28-30H,2H2,1H3/b22-20+. The van der Waals surface area contributed by atoms with Crippen LogP contribution in [0.4, 0.5) is 5.69 Å². The molecule has 0 spiro atoms. The van der Waals surface area contributed by atoms with Crippen LogP contribution in [-0.2, 0) is 9.59 Å². The van der Waals surface area contributed by atoms with E-state index in [0.717, 1.165) is 4.90 Å². The molecule has 1 aliphatic rings. The molecule has 33 heavy (non-hydrogen) atoms. The van der Waals surface area contributed by atoms with Crippen molar-refractivity contribution in [1.29, 1.82) is 0 Å². The molecular weight excluding hydrogens is 448 g/mol. The molecule has 1 saturated heterocycles. The van der Waals surface area contributed by atoms with Crippen molar-refractivity contribution in [2.75, 3.05) is 11.5 Å². The Balaban J connectivity index is 1.99. The third kappa shape index (κ3) is 3.96. The second kappa shape index (κ2) is 8.84. The van der Waals surface area contributed by atoms with Gasteiger partial charge in [0.1, 0.15) is 11.5 Å². The predicted octanol–water partition coefficient (Wildman–Crippen LogP) is 4.17. The molecular formula is C24H19ClN2O6. The topological polar surface area (TPSA) is 120 Å². The van der Waals surface area contributed by atoms with E-state index in [2.05, 4.69) is 4.98 Å². The Kier molecular flexibility index (Phi) is 5.93. The number of hydrogen-bond donors (Lipinski definition) is 3. The van der Waals surface area contributed by atoms with Crippen molar-refractivity contribution in [3.63, 3.8) is 0 Å². The summed E-state index contributed by atoms with van der Waals surface area (Å²) in [5.41, 5.74) is 0.450. The van der Waals surface area contributed by atoms with Crippen molar-refractivity contribution in [3.8, 4) is 17.2 Å². The number of pyridine rings is 1. The van der Waals surface area contributed by atoms with Crippen molar-refractivity contribution in [1.82, 2.24) is 4.98 Å². The number of ketones is 1. The van der Waals surface area contributed by atoms with E-state index in [9.17, 15) is 24.9 Å². The highest BCUT2D eigenvalue weighted by Gasteiger charge is 2.48. The first-order valence-electron chi connectivity index (χ1n) is 9.99. The number of nitrogens with zero attached hydrogens (tertiary/aromatic N) is 2. The molecule has 1 atom stereocenters. The number of rotatable bonds is 5. The summed E-state index contributed by atoms with van der Waals surface area (Å²) in [7, 11) is 0. The monoisotopic (exact) mass is 466 g/mol. The van der Waals surface area contributed by atoms with Gasteiger partial charge in [0.05, 0.1) is 23.9 Å². The van der Waals surface area contributed by atoms with Crippen LogP contribution in [0.2, 0.25) is 5.02 Å². The number of aromatic hydroxyl groups is 2. The second-order valence-corrected chi connectivity index (χ2v) is 7.63. The maximum Gasteiger partial charge on any atom is 0.300 e. The number of amides is 1. The number of Topliss-reactive ketones (excluding diaryl/α,β-unsaturated/α-hetero) is 1. The normalized spacial score (nSPS) is 17.4. The van der Waals surface area contributed by atoms with Gasteiger partial charge in [0.15, 0.2) is 11.5 Å². The van der Waals surface area contributed by atoms with Gasteiger partial charge in [-0.05, 0) is 55.0 Å². The summed E-state index contributed by atoms with van der Waals surface area (Å²) in [5, 5.41) is 31.9. The maximum atomic E-state index is 13.2. The van der Waals surface area contributed by atoms with Gasteiger partial charge >= 0.3 is 0 Å². The number of phenols is 2. The molecule has 8 nitrogen and oxygen atoms in total. The SMILES string of the molecule is CCOc1cc(C2/C(=C(\O)c3ccncc3)C(=O)C(=O)N2c2cc(Cl)ccc2O)ccc1O. The van der Waals surface area contributed by atoms with Crippen LogP contribution in [0.1, 0.15) is 24.1 Å². The molecule has 3 aromatic rings. The molecule has 0 bridgehead atoms. The molecule has 168 valence electrons. The molecule has 2 aromatic carbocycles. The molecule has 9 heteroatoms. The number of phenolic OH excluding ortho intramolecular Hbond substituents is 2. The number of aliphatic hydroxyl groups excluding tert-OH is 1. The minimum Gasteiger partial charge on any atom is -0.507 e. The number of carbonyl (C=O) groups excluding carboxylic acids is 2. The Morgan fingerprint density at radius 3 is 2.45 bits per heavy atom. The van der Waals surface area contributed by atoms with Crippen LogP contribution < -0.4 is 9.64 Å². The van der Waals surface area contributed by atoms with E-state index in [1.54, 1.807) is 6.92 Å². The molecule has 2 heterocycles. The van der Waals surface area contributed by atoms with Gasteiger partial charge in [-0.25, -0.2) is 0 Å². The zero-order chi connectivity index (χ0) is 23.7. The maximum absolute atomic E-state index is 13.2. The average Bonchev–Trinajstić information content (AvgIpc) is 3.07. The lowest BCUT2D eigenvalue weighted by Crippen LogP contribution is -2.29. The lowest BCUT2D eigenvalue weighted by molar-refractivity contribution is -0.132. The fourth-order valence-corrected chi connectivity index (χ4v) is 3.89. The van der Waals surface area contributed by atoms with Crippen LogP contribution >= 0.6 is 11.6 Å². The van der Waals surface area contributed by atoms with Crippen molar-refractivity contribution in [2.24, 2.45) is 0 Å². The molecule has 0 aliphatic carbocycles. The van der Waals surface area contributed by atoms with Crippen molar-refractivity contribution in [2.45, 2.75) is 13.0 Å². The first-order chi connectivity index (χ1) is 15.8. The number of aliphatic hydroxyl groups is 1. The summed E-state index contributed by atoms with van der Waals surface area (Å²) >= 11 is 6.10. The Bertz CT molecular complexity index is 1280. The fourth-order valence-electron chi connectivity index (χ4n) is 3.72. The summed E-state index contributed by atoms with van der Waals surface area (Å²) < 4.78 is 5.46. The first-order valence-corrected chi connectivity index (χ1v) is 10.4. The van der Waals surface area contributed by atoms with Crippen LogP contribution in [0.15, 0.2) is 66.5 Å². The van der Waals surface area contributed by atoms with Crippen LogP contribution in [0.25, 0.3) is 5.76 Å². The van der Waals surface area contributed by atoms with Gasteiger partial charge < -0.3 is 20.1 Å². The molecule has 1 aromatic heterocycles. The third-order valence-corrected chi connectivity index (χ3v) is 5.43. The number of hydrogen-bond acceptors (Lipinski definition) is 7.